The molecular weight excluding hydrogens is 394 g/mol. The van der Waals surface area contributed by atoms with Crippen LogP contribution < -0.4 is 15.8 Å². The number of anilines is 1. The summed E-state index contributed by atoms with van der Waals surface area (Å²) >= 11 is 0. The van der Waals surface area contributed by atoms with Crippen LogP contribution in [-0.4, -0.2) is 44.2 Å². The minimum Gasteiger partial charge on any atom is -0.483 e. The highest BCUT2D eigenvalue weighted by molar-refractivity contribution is 7.89. The minimum absolute atomic E-state index is 0.135. The van der Waals surface area contributed by atoms with Crippen molar-refractivity contribution in [2.45, 2.75) is 24.2 Å². The molecule has 0 spiro atoms. The van der Waals surface area contributed by atoms with Gasteiger partial charge in [-0.3, -0.25) is 9.59 Å². The van der Waals surface area contributed by atoms with E-state index >= 15 is 0 Å². The highest BCUT2D eigenvalue weighted by Crippen LogP contribution is 2.24. The van der Waals surface area contributed by atoms with Crippen molar-refractivity contribution in [2.75, 3.05) is 25.0 Å². The zero-order valence-corrected chi connectivity index (χ0v) is 16.7. The molecule has 2 aromatic carbocycles. The molecule has 154 valence electrons. The van der Waals surface area contributed by atoms with Crippen molar-refractivity contribution >= 4 is 27.5 Å². The molecule has 2 amide bonds. The van der Waals surface area contributed by atoms with Crippen LogP contribution in [0.3, 0.4) is 0 Å². The molecule has 3 N–H and O–H groups in total. The standard InChI is InChI=1S/C20H23N3O5S/c21-19(24)14-28-18-10-3-2-9-17(18)20(25)22-15-7-6-8-16(13-15)29(26,27)23-11-4-1-5-12-23/h2-3,6-10,13H,1,4-5,11-12,14H2,(H2,21,24)(H,22,25). The molecule has 0 unspecified atom stereocenters. The molecule has 0 aromatic heterocycles. The van der Waals surface area contributed by atoms with Crippen LogP contribution in [0.5, 0.6) is 5.75 Å². The van der Waals surface area contributed by atoms with E-state index in [4.69, 9.17) is 10.5 Å². The monoisotopic (exact) mass is 417 g/mol. The van der Waals surface area contributed by atoms with Crippen LogP contribution in [0.4, 0.5) is 5.69 Å². The lowest BCUT2D eigenvalue weighted by molar-refractivity contribution is -0.119. The van der Waals surface area contributed by atoms with Crippen LogP contribution in [0, 0.1) is 0 Å². The first-order chi connectivity index (χ1) is 13.9. The number of nitrogens with one attached hydrogen (secondary N) is 1. The van der Waals surface area contributed by atoms with E-state index < -0.39 is 21.8 Å². The van der Waals surface area contributed by atoms with Crippen molar-refractivity contribution in [1.29, 1.82) is 0 Å². The van der Waals surface area contributed by atoms with E-state index in [-0.39, 0.29) is 22.8 Å². The number of carbonyl (C=O) groups excluding carboxylic acids is 2. The Morgan fingerprint density at radius 3 is 2.48 bits per heavy atom. The average molecular weight is 417 g/mol. The topological polar surface area (TPSA) is 119 Å². The van der Waals surface area contributed by atoms with E-state index in [1.807, 2.05) is 0 Å². The number of hydrogen-bond donors (Lipinski definition) is 2. The van der Waals surface area contributed by atoms with Gasteiger partial charge < -0.3 is 15.8 Å². The van der Waals surface area contributed by atoms with Gasteiger partial charge in [-0.05, 0) is 43.2 Å². The van der Waals surface area contributed by atoms with Crippen LogP contribution in [0.25, 0.3) is 0 Å². The van der Waals surface area contributed by atoms with Gasteiger partial charge in [0.1, 0.15) is 5.75 Å². The van der Waals surface area contributed by atoms with Gasteiger partial charge in [0.05, 0.1) is 10.5 Å². The summed E-state index contributed by atoms with van der Waals surface area (Å²) in [6.07, 6.45) is 2.72. The summed E-state index contributed by atoms with van der Waals surface area (Å²) < 4.78 is 32.4. The zero-order chi connectivity index (χ0) is 20.9. The molecule has 0 atom stereocenters. The van der Waals surface area contributed by atoms with Gasteiger partial charge in [0, 0.05) is 18.8 Å². The third kappa shape index (κ3) is 5.12. The molecule has 3 rings (SSSR count). The lowest BCUT2D eigenvalue weighted by Crippen LogP contribution is -2.35. The molecule has 1 aliphatic rings. The molecule has 29 heavy (non-hydrogen) atoms. The average Bonchev–Trinajstić information content (AvgIpc) is 2.73. The molecule has 1 heterocycles. The summed E-state index contributed by atoms with van der Waals surface area (Å²) in [5.41, 5.74) is 5.64. The van der Waals surface area contributed by atoms with E-state index in [9.17, 15) is 18.0 Å². The Bertz CT molecular complexity index is 1000. The highest BCUT2D eigenvalue weighted by atomic mass is 32.2. The van der Waals surface area contributed by atoms with Gasteiger partial charge >= 0.3 is 0 Å². The number of carbonyl (C=O) groups is 2. The first-order valence-corrected chi connectivity index (χ1v) is 10.7. The number of piperidine rings is 1. The second-order valence-electron chi connectivity index (χ2n) is 6.70. The second kappa shape index (κ2) is 9.06. The number of rotatable bonds is 7. The molecule has 9 heteroatoms. The molecule has 2 aromatic rings. The van der Waals surface area contributed by atoms with Crippen molar-refractivity contribution in [3.63, 3.8) is 0 Å². The van der Waals surface area contributed by atoms with Crippen LogP contribution in [0.15, 0.2) is 53.4 Å². The molecule has 1 aliphatic heterocycles. The Balaban J connectivity index is 1.79. The summed E-state index contributed by atoms with van der Waals surface area (Å²) in [6.45, 7) is 0.654. The Hall–Kier alpha value is -2.91. The van der Waals surface area contributed by atoms with E-state index in [1.54, 1.807) is 36.4 Å². The summed E-state index contributed by atoms with van der Waals surface area (Å²) in [6, 6.07) is 12.6. The number of primary amides is 1. The summed E-state index contributed by atoms with van der Waals surface area (Å²) in [5.74, 6) is -0.936. The lowest BCUT2D eigenvalue weighted by Gasteiger charge is -2.26. The summed E-state index contributed by atoms with van der Waals surface area (Å²) in [5, 5.41) is 2.68. The SMILES string of the molecule is NC(=O)COc1ccccc1C(=O)Nc1cccc(S(=O)(=O)N2CCCCC2)c1. The largest absolute Gasteiger partial charge is 0.483 e. The molecule has 0 radical (unpaired) electrons. The number of nitrogens with two attached hydrogens (primary N) is 1. The van der Waals surface area contributed by atoms with Gasteiger partial charge in [0.15, 0.2) is 6.61 Å². The molecule has 1 fully saturated rings. The minimum atomic E-state index is -3.61. The van der Waals surface area contributed by atoms with Crippen LogP contribution in [0.1, 0.15) is 29.6 Å². The molecule has 0 aliphatic carbocycles. The maximum Gasteiger partial charge on any atom is 0.259 e. The number of sulfonamides is 1. The van der Waals surface area contributed by atoms with Gasteiger partial charge in [-0.1, -0.05) is 24.6 Å². The lowest BCUT2D eigenvalue weighted by atomic mass is 10.2. The summed E-state index contributed by atoms with van der Waals surface area (Å²) in [4.78, 5) is 23.8. The van der Waals surface area contributed by atoms with Crippen LogP contribution >= 0.6 is 0 Å². The van der Waals surface area contributed by atoms with Crippen LogP contribution in [-0.2, 0) is 14.8 Å². The van der Waals surface area contributed by atoms with E-state index in [2.05, 4.69) is 5.32 Å². The Morgan fingerprint density at radius 1 is 1.03 bits per heavy atom. The molecule has 8 nitrogen and oxygen atoms in total. The molecule has 0 saturated carbocycles. The number of ether oxygens (including phenoxy) is 1. The van der Waals surface area contributed by atoms with E-state index in [0.717, 1.165) is 19.3 Å². The van der Waals surface area contributed by atoms with Crippen molar-refractivity contribution in [2.24, 2.45) is 5.73 Å². The predicted octanol–water partition coefficient (Wildman–Crippen LogP) is 1.98. The van der Waals surface area contributed by atoms with Crippen LogP contribution in [0.2, 0.25) is 0 Å². The summed E-state index contributed by atoms with van der Waals surface area (Å²) in [7, 11) is -3.61. The quantitative estimate of drug-likeness (QED) is 0.714. The Kier molecular flexibility index (Phi) is 6.50. The third-order valence-corrected chi connectivity index (χ3v) is 6.44. The first-order valence-electron chi connectivity index (χ1n) is 9.29. The first kappa shape index (κ1) is 20.8. The van der Waals surface area contributed by atoms with E-state index in [0.29, 0.717) is 18.8 Å². The van der Waals surface area contributed by atoms with Crippen molar-refractivity contribution < 1.29 is 22.7 Å². The van der Waals surface area contributed by atoms with Gasteiger partial charge in [0.2, 0.25) is 10.0 Å². The number of amides is 2. The number of para-hydroxylation sites is 1. The number of hydrogen-bond acceptors (Lipinski definition) is 5. The molecular formula is C20H23N3O5S. The van der Waals surface area contributed by atoms with Gasteiger partial charge in [-0.2, -0.15) is 4.31 Å². The number of nitrogens with zero attached hydrogens (tertiary/aromatic N) is 1. The maximum absolute atomic E-state index is 12.8. The fourth-order valence-electron chi connectivity index (χ4n) is 3.12. The Morgan fingerprint density at radius 2 is 1.76 bits per heavy atom. The number of benzene rings is 2. The van der Waals surface area contributed by atoms with Gasteiger partial charge in [0.25, 0.3) is 11.8 Å². The zero-order valence-electron chi connectivity index (χ0n) is 15.8. The smallest absolute Gasteiger partial charge is 0.259 e. The van der Waals surface area contributed by atoms with Gasteiger partial charge in [-0.25, -0.2) is 8.42 Å². The molecule has 0 bridgehead atoms. The van der Waals surface area contributed by atoms with Crippen molar-refractivity contribution in [3.8, 4) is 5.75 Å². The normalized spacial score (nSPS) is 14.9. The van der Waals surface area contributed by atoms with E-state index in [1.165, 1.54) is 16.4 Å². The maximum atomic E-state index is 12.8. The molecule has 1 saturated heterocycles. The fraction of sp³-hybridized carbons (Fsp3) is 0.300. The second-order valence-corrected chi connectivity index (χ2v) is 8.64. The van der Waals surface area contributed by atoms with Crippen molar-refractivity contribution in [1.82, 2.24) is 4.31 Å². The van der Waals surface area contributed by atoms with Gasteiger partial charge in [-0.15, -0.1) is 0 Å². The highest BCUT2D eigenvalue weighted by Gasteiger charge is 2.26. The third-order valence-electron chi connectivity index (χ3n) is 4.55. The van der Waals surface area contributed by atoms with Crippen molar-refractivity contribution in [3.05, 3.63) is 54.1 Å². The Labute approximate surface area is 169 Å². The predicted molar refractivity (Wildman–Crippen MR) is 108 cm³/mol. The fourth-order valence-corrected chi connectivity index (χ4v) is 4.68.